The molecule has 0 unspecified atom stereocenters. The highest BCUT2D eigenvalue weighted by Crippen LogP contribution is 2.26. The summed E-state index contributed by atoms with van der Waals surface area (Å²) in [6, 6.07) is 1.43. The number of nitrogens with one attached hydrogen (secondary N) is 1. The number of nitrogens with zero attached hydrogens (tertiary/aromatic N) is 3. The van der Waals surface area contributed by atoms with Crippen LogP contribution >= 0.6 is 11.8 Å². The van der Waals surface area contributed by atoms with Crippen LogP contribution in [-0.4, -0.2) is 25.7 Å². The molecule has 5 N–H and O–H groups in total. The average molecular weight is 294 g/mol. The van der Waals surface area contributed by atoms with Gasteiger partial charge < -0.3 is 11.5 Å². The molecule has 2 aromatic heterocycles. The largest absolute Gasteiger partial charge is 0.397 e. The quantitative estimate of drug-likeness (QED) is 0.746. The van der Waals surface area contributed by atoms with Gasteiger partial charge in [0.2, 0.25) is 0 Å². The molecule has 0 bridgehead atoms. The van der Waals surface area contributed by atoms with Crippen molar-refractivity contribution in [1.82, 2.24) is 19.7 Å². The van der Waals surface area contributed by atoms with E-state index in [9.17, 15) is 9.59 Å². The monoisotopic (exact) mass is 294 g/mol. The minimum atomic E-state index is -0.630. The standard InChI is InChI=1S/C11H14N6O2S/c1-5(2)17-10(19)15-16-11(17)20-8-3-6(9(13)18)7(12)4-14-8/h3-5H,12H2,1-2H3,(H2,13,18)(H,15,19). The highest BCUT2D eigenvalue weighted by atomic mass is 32.2. The SMILES string of the molecule is CC(C)n1c(Sc2cc(C(N)=O)c(N)cn2)n[nH]c1=O. The number of anilines is 1. The molecule has 2 heterocycles. The van der Waals surface area contributed by atoms with Gasteiger partial charge in [-0.2, -0.15) is 0 Å². The number of aromatic amines is 1. The lowest BCUT2D eigenvalue weighted by atomic mass is 10.2. The van der Waals surface area contributed by atoms with Crippen LogP contribution in [0.2, 0.25) is 0 Å². The highest BCUT2D eigenvalue weighted by Gasteiger charge is 2.15. The van der Waals surface area contributed by atoms with Crippen molar-refractivity contribution in [2.75, 3.05) is 5.73 Å². The summed E-state index contributed by atoms with van der Waals surface area (Å²) < 4.78 is 1.49. The van der Waals surface area contributed by atoms with Crippen LogP contribution in [0.25, 0.3) is 0 Å². The van der Waals surface area contributed by atoms with Gasteiger partial charge in [0.15, 0.2) is 5.16 Å². The molecular weight excluding hydrogens is 280 g/mol. The van der Waals surface area contributed by atoms with Crippen molar-refractivity contribution in [3.63, 3.8) is 0 Å². The Bertz CT molecular complexity index is 705. The molecule has 1 amide bonds. The molecular formula is C11H14N6O2S. The zero-order valence-electron chi connectivity index (χ0n) is 11.0. The van der Waals surface area contributed by atoms with Crippen LogP contribution in [0, 0.1) is 0 Å². The predicted octanol–water partition coefficient (Wildman–Crippen LogP) is 0.380. The lowest BCUT2D eigenvalue weighted by Crippen LogP contribution is -2.19. The summed E-state index contributed by atoms with van der Waals surface area (Å²) in [4.78, 5) is 26.9. The molecule has 8 nitrogen and oxygen atoms in total. The fraction of sp³-hybridized carbons (Fsp3) is 0.273. The van der Waals surface area contributed by atoms with E-state index < -0.39 is 5.91 Å². The van der Waals surface area contributed by atoms with E-state index in [1.165, 1.54) is 16.8 Å². The number of aromatic nitrogens is 4. The molecule has 0 aliphatic heterocycles. The van der Waals surface area contributed by atoms with E-state index in [1.54, 1.807) is 0 Å². The van der Waals surface area contributed by atoms with Crippen LogP contribution in [0.5, 0.6) is 0 Å². The fourth-order valence-corrected chi connectivity index (χ4v) is 2.58. The van der Waals surface area contributed by atoms with Crippen molar-refractivity contribution in [2.24, 2.45) is 5.73 Å². The number of nitrogen functional groups attached to an aromatic ring is 1. The second-order valence-corrected chi connectivity index (χ2v) is 5.34. The number of hydrogen-bond acceptors (Lipinski definition) is 6. The maximum Gasteiger partial charge on any atom is 0.344 e. The van der Waals surface area contributed by atoms with Crippen molar-refractivity contribution >= 4 is 23.4 Å². The van der Waals surface area contributed by atoms with Gasteiger partial charge >= 0.3 is 5.69 Å². The van der Waals surface area contributed by atoms with E-state index in [-0.39, 0.29) is 23.0 Å². The normalized spacial score (nSPS) is 10.9. The first-order valence-corrected chi connectivity index (χ1v) is 6.62. The van der Waals surface area contributed by atoms with Gasteiger partial charge in [0.1, 0.15) is 5.03 Å². The molecule has 2 rings (SSSR count). The van der Waals surface area contributed by atoms with E-state index in [0.29, 0.717) is 10.2 Å². The summed E-state index contributed by atoms with van der Waals surface area (Å²) in [5.74, 6) is -0.630. The highest BCUT2D eigenvalue weighted by molar-refractivity contribution is 7.99. The summed E-state index contributed by atoms with van der Waals surface area (Å²) in [5.41, 5.74) is 10.9. The van der Waals surface area contributed by atoms with Crippen LogP contribution in [0.3, 0.4) is 0 Å². The molecule has 0 fully saturated rings. The van der Waals surface area contributed by atoms with Crippen molar-refractivity contribution in [3.05, 3.63) is 28.3 Å². The number of amides is 1. The summed E-state index contributed by atoms with van der Waals surface area (Å²) in [5, 5.41) is 7.25. The smallest absolute Gasteiger partial charge is 0.344 e. The van der Waals surface area contributed by atoms with E-state index in [1.807, 2.05) is 13.8 Å². The maximum absolute atomic E-state index is 11.6. The van der Waals surface area contributed by atoms with Crippen molar-refractivity contribution < 1.29 is 4.79 Å². The first-order valence-electron chi connectivity index (χ1n) is 5.80. The zero-order valence-corrected chi connectivity index (χ0v) is 11.8. The molecule has 9 heteroatoms. The molecule has 0 radical (unpaired) electrons. The molecule has 2 aromatic rings. The fourth-order valence-electron chi connectivity index (χ4n) is 1.63. The van der Waals surface area contributed by atoms with Gasteiger partial charge in [-0.15, -0.1) is 5.10 Å². The second-order valence-electron chi connectivity index (χ2n) is 4.35. The van der Waals surface area contributed by atoms with Gasteiger partial charge in [0.05, 0.1) is 17.4 Å². The molecule has 0 spiro atoms. The third-order valence-electron chi connectivity index (χ3n) is 2.56. The Morgan fingerprint density at radius 1 is 1.50 bits per heavy atom. The summed E-state index contributed by atoms with van der Waals surface area (Å²) in [7, 11) is 0. The van der Waals surface area contributed by atoms with Gasteiger partial charge in [-0.25, -0.2) is 14.9 Å². The molecule has 106 valence electrons. The zero-order chi connectivity index (χ0) is 14.9. The van der Waals surface area contributed by atoms with Crippen molar-refractivity contribution in [2.45, 2.75) is 30.1 Å². The van der Waals surface area contributed by atoms with Gasteiger partial charge in [0.25, 0.3) is 5.91 Å². The van der Waals surface area contributed by atoms with Crippen molar-refractivity contribution in [3.8, 4) is 0 Å². The van der Waals surface area contributed by atoms with Gasteiger partial charge in [-0.3, -0.25) is 9.36 Å². The first kappa shape index (κ1) is 14.1. The van der Waals surface area contributed by atoms with E-state index >= 15 is 0 Å². The summed E-state index contributed by atoms with van der Waals surface area (Å²) in [6.45, 7) is 3.73. The number of primary amides is 1. The second kappa shape index (κ2) is 5.37. The first-order chi connectivity index (χ1) is 9.40. The number of carbonyl (C=O) groups excluding carboxylic acids is 1. The minimum Gasteiger partial charge on any atom is -0.397 e. The lowest BCUT2D eigenvalue weighted by molar-refractivity contribution is 0.100. The van der Waals surface area contributed by atoms with Crippen molar-refractivity contribution in [1.29, 1.82) is 0 Å². The molecule has 0 aliphatic carbocycles. The molecule has 0 aromatic carbocycles. The number of nitrogens with two attached hydrogens (primary N) is 2. The molecule has 20 heavy (non-hydrogen) atoms. The van der Waals surface area contributed by atoms with Crippen LogP contribution in [0.1, 0.15) is 30.2 Å². The lowest BCUT2D eigenvalue weighted by Gasteiger charge is -2.08. The number of hydrogen-bond donors (Lipinski definition) is 3. The Kier molecular flexibility index (Phi) is 3.79. The van der Waals surface area contributed by atoms with Crippen LogP contribution in [0.15, 0.2) is 27.2 Å². The Morgan fingerprint density at radius 2 is 2.20 bits per heavy atom. The maximum atomic E-state index is 11.6. The van der Waals surface area contributed by atoms with Gasteiger partial charge in [-0.05, 0) is 31.7 Å². The van der Waals surface area contributed by atoms with Crippen LogP contribution in [0.4, 0.5) is 5.69 Å². The van der Waals surface area contributed by atoms with Gasteiger partial charge in [0, 0.05) is 6.04 Å². The number of carbonyl (C=O) groups is 1. The third kappa shape index (κ3) is 2.67. The van der Waals surface area contributed by atoms with E-state index in [0.717, 1.165) is 11.8 Å². The van der Waals surface area contributed by atoms with Crippen LogP contribution < -0.4 is 17.2 Å². The minimum absolute atomic E-state index is 0.0480. The average Bonchev–Trinajstić information content (AvgIpc) is 2.72. The number of rotatable bonds is 4. The molecule has 0 atom stereocenters. The number of H-pyrrole nitrogens is 1. The van der Waals surface area contributed by atoms with E-state index in [2.05, 4.69) is 15.2 Å². The Hall–Kier alpha value is -2.29. The number of pyridine rings is 1. The van der Waals surface area contributed by atoms with E-state index in [4.69, 9.17) is 11.5 Å². The Labute approximate surface area is 118 Å². The predicted molar refractivity (Wildman–Crippen MR) is 74.5 cm³/mol. The molecule has 0 aliphatic rings. The van der Waals surface area contributed by atoms with Crippen LogP contribution in [-0.2, 0) is 0 Å². The molecule has 0 saturated heterocycles. The topological polar surface area (TPSA) is 133 Å². The third-order valence-corrected chi connectivity index (χ3v) is 3.46. The summed E-state index contributed by atoms with van der Waals surface area (Å²) >= 11 is 1.15. The Morgan fingerprint density at radius 3 is 2.80 bits per heavy atom. The summed E-state index contributed by atoms with van der Waals surface area (Å²) in [6.07, 6.45) is 1.35. The van der Waals surface area contributed by atoms with Gasteiger partial charge in [-0.1, -0.05) is 0 Å². The Balaban J connectivity index is 2.38. The molecule has 0 saturated carbocycles.